The van der Waals surface area contributed by atoms with Crippen molar-refractivity contribution >= 4 is 23.3 Å². The lowest BCUT2D eigenvalue weighted by Crippen LogP contribution is -2.08. The fourth-order valence-electron chi connectivity index (χ4n) is 2.06. The lowest BCUT2D eigenvalue weighted by atomic mass is 10.1. The van der Waals surface area contributed by atoms with Crippen molar-refractivity contribution in [3.05, 3.63) is 40.6 Å². The second kappa shape index (κ2) is 4.96. The molecular formula is C14H11ClFN3O2. The molecule has 1 aliphatic rings. The zero-order valence-electron chi connectivity index (χ0n) is 10.8. The maximum Gasteiger partial charge on any atom is 0.356 e. The van der Waals surface area contributed by atoms with Gasteiger partial charge in [0.15, 0.2) is 11.5 Å². The summed E-state index contributed by atoms with van der Waals surface area (Å²) in [6, 6.07) is 3.45. The molecule has 1 aliphatic carbocycles. The van der Waals surface area contributed by atoms with Gasteiger partial charge >= 0.3 is 5.97 Å². The summed E-state index contributed by atoms with van der Waals surface area (Å²) < 4.78 is 14.2. The van der Waals surface area contributed by atoms with E-state index in [1.807, 2.05) is 0 Å². The monoisotopic (exact) mass is 307 g/mol. The van der Waals surface area contributed by atoms with Gasteiger partial charge in [-0.15, -0.1) is 0 Å². The van der Waals surface area contributed by atoms with Crippen molar-refractivity contribution in [3.8, 4) is 11.3 Å². The molecule has 21 heavy (non-hydrogen) atoms. The number of aromatic carboxylic acids is 1. The number of hydrogen-bond acceptors (Lipinski definition) is 4. The van der Waals surface area contributed by atoms with Crippen molar-refractivity contribution in [1.29, 1.82) is 0 Å². The van der Waals surface area contributed by atoms with Gasteiger partial charge in [0.2, 0.25) is 0 Å². The van der Waals surface area contributed by atoms with E-state index in [-0.39, 0.29) is 5.69 Å². The molecule has 1 fully saturated rings. The Morgan fingerprint density at radius 2 is 2.14 bits per heavy atom. The molecule has 2 aromatic heterocycles. The molecule has 1 saturated carbocycles. The zero-order valence-corrected chi connectivity index (χ0v) is 11.6. The molecule has 0 bridgehead atoms. The summed E-state index contributed by atoms with van der Waals surface area (Å²) in [5.74, 6) is -1.73. The number of anilines is 1. The normalized spacial score (nSPS) is 14.2. The van der Waals surface area contributed by atoms with Crippen molar-refractivity contribution in [2.45, 2.75) is 18.8 Å². The van der Waals surface area contributed by atoms with Crippen LogP contribution in [0, 0.1) is 5.82 Å². The highest BCUT2D eigenvalue weighted by molar-refractivity contribution is 6.35. The molecule has 0 aliphatic heterocycles. The van der Waals surface area contributed by atoms with Crippen molar-refractivity contribution in [1.82, 2.24) is 9.97 Å². The van der Waals surface area contributed by atoms with Gasteiger partial charge in [0, 0.05) is 23.4 Å². The quantitative estimate of drug-likeness (QED) is 0.909. The molecule has 2 heterocycles. The van der Waals surface area contributed by atoms with Crippen molar-refractivity contribution in [3.63, 3.8) is 0 Å². The van der Waals surface area contributed by atoms with Crippen LogP contribution in [-0.2, 0) is 0 Å². The van der Waals surface area contributed by atoms with Crippen LogP contribution in [0.1, 0.15) is 34.9 Å². The number of rotatable bonds is 3. The summed E-state index contributed by atoms with van der Waals surface area (Å²) in [5, 5.41) is 8.64. The van der Waals surface area contributed by atoms with Crippen LogP contribution in [0.5, 0.6) is 0 Å². The Morgan fingerprint density at radius 3 is 2.67 bits per heavy atom. The second-order valence-corrected chi connectivity index (χ2v) is 5.28. The first-order valence-electron chi connectivity index (χ1n) is 6.33. The van der Waals surface area contributed by atoms with Gasteiger partial charge in [0.25, 0.3) is 0 Å². The first-order valence-corrected chi connectivity index (χ1v) is 6.71. The number of hydrogen-bond donors (Lipinski definition) is 2. The van der Waals surface area contributed by atoms with Crippen molar-refractivity contribution in [2.75, 3.05) is 5.73 Å². The van der Waals surface area contributed by atoms with E-state index in [4.69, 9.17) is 22.4 Å². The third-order valence-electron chi connectivity index (χ3n) is 3.37. The molecule has 0 aromatic carbocycles. The molecule has 0 unspecified atom stereocenters. The maximum atomic E-state index is 14.2. The van der Waals surface area contributed by atoms with Gasteiger partial charge in [-0.1, -0.05) is 11.6 Å². The Balaban J connectivity index is 2.10. The highest BCUT2D eigenvalue weighted by Crippen LogP contribution is 2.39. The van der Waals surface area contributed by atoms with Gasteiger partial charge in [-0.05, 0) is 25.0 Å². The molecule has 7 heteroatoms. The number of nitrogens with zero attached hydrogens (tertiary/aromatic N) is 2. The minimum Gasteiger partial charge on any atom is -0.476 e. The number of pyridine rings is 2. The fourth-order valence-corrected chi connectivity index (χ4v) is 2.27. The number of carboxylic acid groups (broad SMARTS) is 1. The average molecular weight is 308 g/mol. The molecule has 108 valence electrons. The SMILES string of the molecule is Nc1c(F)c(-c2ccc(C3CC3)nc2)nc(C(=O)O)c1Cl. The standard InChI is InChI=1S/C14H11ClFN3O2/c15-9-11(17)10(16)12(19-13(9)14(20)21)7-3-4-8(18-5-7)6-1-2-6/h3-6H,1-2H2,(H2,17,19)(H,20,21). The van der Waals surface area contributed by atoms with Gasteiger partial charge in [-0.25, -0.2) is 14.2 Å². The van der Waals surface area contributed by atoms with E-state index < -0.39 is 28.2 Å². The predicted molar refractivity (Wildman–Crippen MR) is 75.8 cm³/mol. The molecule has 2 aromatic rings. The van der Waals surface area contributed by atoms with E-state index in [1.54, 1.807) is 12.1 Å². The molecule has 5 nitrogen and oxygen atoms in total. The number of carbonyl (C=O) groups is 1. The lowest BCUT2D eigenvalue weighted by Gasteiger charge is -2.09. The van der Waals surface area contributed by atoms with Gasteiger partial charge in [0.05, 0.1) is 10.7 Å². The van der Waals surface area contributed by atoms with E-state index in [2.05, 4.69) is 9.97 Å². The summed E-state index contributed by atoms with van der Waals surface area (Å²) in [6.07, 6.45) is 3.68. The van der Waals surface area contributed by atoms with Crippen LogP contribution in [0.25, 0.3) is 11.3 Å². The van der Waals surface area contributed by atoms with Crippen LogP contribution in [0.15, 0.2) is 18.3 Å². The first kappa shape index (κ1) is 13.8. The topological polar surface area (TPSA) is 89.1 Å². The third-order valence-corrected chi connectivity index (χ3v) is 3.75. The van der Waals surface area contributed by atoms with E-state index in [9.17, 15) is 9.18 Å². The Kier molecular flexibility index (Phi) is 3.25. The molecular weight excluding hydrogens is 297 g/mol. The Morgan fingerprint density at radius 1 is 1.43 bits per heavy atom. The zero-order chi connectivity index (χ0) is 15.1. The van der Waals surface area contributed by atoms with E-state index in [1.165, 1.54) is 6.20 Å². The highest BCUT2D eigenvalue weighted by atomic mass is 35.5. The van der Waals surface area contributed by atoms with Crippen LogP contribution in [-0.4, -0.2) is 21.0 Å². The Labute approximate surface area is 124 Å². The third kappa shape index (κ3) is 2.42. The summed E-state index contributed by atoms with van der Waals surface area (Å²) in [7, 11) is 0. The van der Waals surface area contributed by atoms with Crippen molar-refractivity contribution < 1.29 is 14.3 Å². The first-order chi connectivity index (χ1) is 9.99. The fraction of sp³-hybridized carbons (Fsp3) is 0.214. The minimum atomic E-state index is -1.37. The van der Waals surface area contributed by atoms with E-state index in [0.29, 0.717) is 11.5 Å². The van der Waals surface area contributed by atoms with Gasteiger partial charge in [-0.3, -0.25) is 4.98 Å². The number of nitrogen functional groups attached to an aromatic ring is 1. The minimum absolute atomic E-state index is 0.163. The molecule has 0 spiro atoms. The lowest BCUT2D eigenvalue weighted by molar-refractivity contribution is 0.0691. The highest BCUT2D eigenvalue weighted by Gasteiger charge is 2.25. The number of nitrogens with two attached hydrogens (primary N) is 1. The van der Waals surface area contributed by atoms with Crippen LogP contribution in [0.3, 0.4) is 0 Å². The number of aromatic nitrogens is 2. The molecule has 0 radical (unpaired) electrons. The maximum absolute atomic E-state index is 14.2. The van der Waals surface area contributed by atoms with Gasteiger partial charge in [0.1, 0.15) is 5.69 Å². The second-order valence-electron chi connectivity index (χ2n) is 4.90. The average Bonchev–Trinajstić information content (AvgIpc) is 3.30. The van der Waals surface area contributed by atoms with E-state index >= 15 is 0 Å². The molecule has 0 saturated heterocycles. The Bertz CT molecular complexity index is 730. The number of carboxylic acids is 1. The molecule has 3 rings (SSSR count). The van der Waals surface area contributed by atoms with Gasteiger partial charge < -0.3 is 10.8 Å². The molecule has 0 amide bonds. The van der Waals surface area contributed by atoms with Crippen LogP contribution in [0.4, 0.5) is 10.1 Å². The summed E-state index contributed by atoms with van der Waals surface area (Å²) in [5.41, 5.74) is 5.76. The number of halogens is 2. The largest absolute Gasteiger partial charge is 0.476 e. The van der Waals surface area contributed by atoms with Crippen LogP contribution >= 0.6 is 11.6 Å². The molecule has 3 N–H and O–H groups in total. The van der Waals surface area contributed by atoms with Crippen LogP contribution < -0.4 is 5.73 Å². The van der Waals surface area contributed by atoms with E-state index in [0.717, 1.165) is 18.5 Å². The Hall–Kier alpha value is -2.21. The van der Waals surface area contributed by atoms with Crippen molar-refractivity contribution in [2.24, 2.45) is 0 Å². The predicted octanol–water partition coefficient (Wildman–Crippen LogP) is 3.09. The smallest absolute Gasteiger partial charge is 0.356 e. The summed E-state index contributed by atoms with van der Waals surface area (Å²) in [4.78, 5) is 19.1. The summed E-state index contributed by atoms with van der Waals surface area (Å²) >= 11 is 5.70. The van der Waals surface area contributed by atoms with Crippen LogP contribution in [0.2, 0.25) is 5.02 Å². The summed E-state index contributed by atoms with van der Waals surface area (Å²) in [6.45, 7) is 0. The van der Waals surface area contributed by atoms with Gasteiger partial charge in [-0.2, -0.15) is 0 Å². The molecule has 0 atom stereocenters.